The predicted octanol–water partition coefficient (Wildman–Crippen LogP) is 1.25. The van der Waals surface area contributed by atoms with E-state index in [1.807, 2.05) is 0 Å². The summed E-state index contributed by atoms with van der Waals surface area (Å²) in [7, 11) is 0. The first kappa shape index (κ1) is 23.7. The minimum absolute atomic E-state index is 0. The number of hydrogen-bond donors (Lipinski definition) is 0. The van der Waals surface area contributed by atoms with E-state index in [9.17, 15) is 0 Å². The fourth-order valence-corrected chi connectivity index (χ4v) is 0. The van der Waals surface area contributed by atoms with E-state index < -0.39 is 0 Å². The van der Waals surface area contributed by atoms with Gasteiger partial charge in [0.2, 0.25) is 0 Å². The van der Waals surface area contributed by atoms with Crippen LogP contribution in [-0.4, -0.2) is 51.5 Å². The van der Waals surface area contributed by atoms with Crippen LogP contribution < -0.4 is 0 Å². The Morgan fingerprint density at radius 3 is 0.667 bits per heavy atom. The summed E-state index contributed by atoms with van der Waals surface area (Å²) in [5.41, 5.74) is 0. The van der Waals surface area contributed by atoms with Crippen LogP contribution in [0.25, 0.3) is 0 Å². The van der Waals surface area contributed by atoms with Crippen LogP contribution >= 0.6 is 24.8 Å². The third-order valence-electron chi connectivity index (χ3n) is 0. The van der Waals surface area contributed by atoms with Gasteiger partial charge in [-0.05, 0) is 0 Å². The van der Waals surface area contributed by atoms with Crippen molar-refractivity contribution >= 4 is 76.3 Å². The van der Waals surface area contributed by atoms with Crippen molar-refractivity contribution in [3.8, 4) is 0 Å². The standard InChI is InChI=1S/2CH3.2ClH.2Tl/h2*1H3;2*1H;;. The first-order valence-corrected chi connectivity index (χ1v) is 10.1. The molecular formula is C2H8Cl2Tl2. The Balaban J connectivity index is -0.00000000500. The average Bonchev–Trinajstić information content (AvgIpc) is 1.50. The molecule has 0 unspecified atom stereocenters. The Hall–Kier alpha value is 2.42. The molecule has 0 spiro atoms. The van der Waals surface area contributed by atoms with Crippen molar-refractivity contribution in [3.05, 3.63) is 0 Å². The van der Waals surface area contributed by atoms with Crippen molar-refractivity contribution < 1.29 is 0 Å². The molecule has 0 rings (SSSR count). The first-order chi connectivity index (χ1) is 2.00. The molecule has 4 heteroatoms. The fourth-order valence-electron chi connectivity index (χ4n) is 0. The number of rotatable bonds is 0. The molecule has 0 atom stereocenters. The molecule has 0 bridgehead atoms. The second kappa shape index (κ2) is 52.1. The summed E-state index contributed by atoms with van der Waals surface area (Å²) in [6, 6.07) is 0. The zero-order valence-corrected chi connectivity index (χ0v) is 14.6. The molecule has 0 heterocycles. The van der Waals surface area contributed by atoms with Gasteiger partial charge in [-0.2, -0.15) is 0 Å². The second-order valence-corrected chi connectivity index (χ2v) is 0. The SMILES string of the molecule is Cl.Cl.[CH3][Tl].[CH3][Tl]. The summed E-state index contributed by atoms with van der Waals surface area (Å²) >= 11 is 2.33. The fraction of sp³-hybridized carbons (Fsp3) is 1.00. The molecule has 0 nitrogen and oxygen atoms in total. The van der Waals surface area contributed by atoms with Gasteiger partial charge in [0.1, 0.15) is 0 Å². The van der Waals surface area contributed by atoms with Crippen molar-refractivity contribution in [1.29, 1.82) is 0 Å². The van der Waals surface area contributed by atoms with E-state index in [0.29, 0.717) is 0 Å². The van der Waals surface area contributed by atoms with Gasteiger partial charge in [0, 0.05) is 0 Å². The molecule has 0 aromatic heterocycles. The van der Waals surface area contributed by atoms with Gasteiger partial charge in [0.15, 0.2) is 0 Å². The molecule has 0 aromatic carbocycles. The van der Waals surface area contributed by atoms with Gasteiger partial charge in [-0.3, -0.25) is 0 Å². The van der Waals surface area contributed by atoms with Crippen LogP contribution in [0.15, 0.2) is 0 Å². The van der Waals surface area contributed by atoms with Gasteiger partial charge in [0.05, 0.1) is 0 Å². The predicted molar refractivity (Wildman–Crippen MR) is 37.7 cm³/mol. The molecule has 0 aliphatic heterocycles. The third kappa shape index (κ3) is 32.2. The van der Waals surface area contributed by atoms with Crippen LogP contribution in [0.2, 0.25) is 8.97 Å². The summed E-state index contributed by atoms with van der Waals surface area (Å²) in [5, 5.41) is 0. The third-order valence-corrected chi connectivity index (χ3v) is 0. The summed E-state index contributed by atoms with van der Waals surface area (Å²) in [5.74, 6) is 0. The average molecular weight is 512 g/mol. The summed E-state index contributed by atoms with van der Waals surface area (Å²) < 4.78 is 4.33. The molecule has 0 N–H and O–H groups in total. The van der Waals surface area contributed by atoms with Gasteiger partial charge < -0.3 is 0 Å². The quantitative estimate of drug-likeness (QED) is 0.430. The zero-order chi connectivity index (χ0) is 4.00. The van der Waals surface area contributed by atoms with Crippen molar-refractivity contribution in [1.82, 2.24) is 0 Å². The van der Waals surface area contributed by atoms with Crippen LogP contribution in [0.5, 0.6) is 0 Å². The Morgan fingerprint density at radius 2 is 0.667 bits per heavy atom. The maximum absolute atomic E-state index is 2.17. The van der Waals surface area contributed by atoms with Gasteiger partial charge in [-0.1, -0.05) is 0 Å². The monoisotopic (exact) mass is 512 g/mol. The van der Waals surface area contributed by atoms with E-state index in [1.54, 1.807) is 0 Å². The van der Waals surface area contributed by atoms with Gasteiger partial charge in [0.25, 0.3) is 0 Å². The molecule has 0 aliphatic carbocycles. The normalized spacial score (nSPS) is 1.33. The Labute approximate surface area is 84.0 Å². The van der Waals surface area contributed by atoms with Crippen molar-refractivity contribution in [2.75, 3.05) is 0 Å². The topological polar surface area (TPSA) is 0 Å². The van der Waals surface area contributed by atoms with Crippen molar-refractivity contribution in [3.63, 3.8) is 0 Å². The van der Waals surface area contributed by atoms with Crippen molar-refractivity contribution in [2.45, 2.75) is 8.97 Å². The number of halogens is 2. The molecular weight excluding hydrogens is 504 g/mol. The Morgan fingerprint density at radius 1 is 0.667 bits per heavy atom. The second-order valence-electron chi connectivity index (χ2n) is 0. The molecule has 0 fully saturated rings. The summed E-state index contributed by atoms with van der Waals surface area (Å²) in [4.78, 5) is 0. The van der Waals surface area contributed by atoms with Gasteiger partial charge in [-0.15, -0.1) is 24.8 Å². The van der Waals surface area contributed by atoms with Crippen LogP contribution in [0.3, 0.4) is 0 Å². The molecule has 6 heavy (non-hydrogen) atoms. The van der Waals surface area contributed by atoms with E-state index >= 15 is 0 Å². The van der Waals surface area contributed by atoms with Gasteiger partial charge >= 0.3 is 60.5 Å². The van der Waals surface area contributed by atoms with E-state index in [1.165, 1.54) is 51.5 Å². The van der Waals surface area contributed by atoms with Crippen LogP contribution in [0.4, 0.5) is 0 Å². The minimum atomic E-state index is 0. The van der Waals surface area contributed by atoms with Gasteiger partial charge in [-0.25, -0.2) is 0 Å². The van der Waals surface area contributed by atoms with E-state index in [2.05, 4.69) is 8.97 Å². The summed E-state index contributed by atoms with van der Waals surface area (Å²) in [6.07, 6.45) is 0. The molecule has 0 saturated heterocycles. The summed E-state index contributed by atoms with van der Waals surface area (Å²) in [6.45, 7) is 0. The zero-order valence-electron chi connectivity index (χ0n) is 3.97. The van der Waals surface area contributed by atoms with E-state index in [4.69, 9.17) is 0 Å². The number of hydrogen-bond acceptors (Lipinski definition) is 0. The van der Waals surface area contributed by atoms with Crippen LogP contribution in [-0.2, 0) is 0 Å². The molecule has 0 aromatic rings. The van der Waals surface area contributed by atoms with Crippen molar-refractivity contribution in [2.24, 2.45) is 0 Å². The first-order valence-electron chi connectivity index (χ1n) is 1.15. The molecule has 0 aliphatic rings. The van der Waals surface area contributed by atoms with Crippen LogP contribution in [0.1, 0.15) is 0 Å². The van der Waals surface area contributed by atoms with E-state index in [0.717, 1.165) is 0 Å². The molecule has 0 amide bonds. The maximum atomic E-state index is 2.17. The molecule has 0 radical (unpaired) electrons. The Bertz CT molecular complexity index is 9.51. The van der Waals surface area contributed by atoms with Crippen LogP contribution in [0, 0.1) is 0 Å². The Kier molecular flexibility index (Phi) is 206. The molecule has 36 valence electrons. The molecule has 0 saturated carbocycles. The van der Waals surface area contributed by atoms with E-state index in [-0.39, 0.29) is 24.8 Å².